The molecule has 1 aromatic rings. The normalized spacial score (nSPS) is 29.4. The van der Waals surface area contributed by atoms with E-state index in [9.17, 15) is 39.2 Å². The summed E-state index contributed by atoms with van der Waals surface area (Å²) in [5.41, 5.74) is 1.33. The summed E-state index contributed by atoms with van der Waals surface area (Å²) in [6.45, 7) is -0.534. The van der Waals surface area contributed by atoms with E-state index in [1.807, 2.05) is 0 Å². The number of hydrogen-bond donors (Lipinski definition) is 5. The molecule has 12 heteroatoms. The zero-order valence-corrected chi connectivity index (χ0v) is 20.2. The van der Waals surface area contributed by atoms with Crippen molar-refractivity contribution in [2.75, 3.05) is 27.3 Å². The van der Waals surface area contributed by atoms with Gasteiger partial charge in [-0.15, -0.1) is 0 Å². The molecule has 37 heavy (non-hydrogen) atoms. The van der Waals surface area contributed by atoms with Gasteiger partial charge in [-0.05, 0) is 32.9 Å². The second kappa shape index (κ2) is 8.33. The van der Waals surface area contributed by atoms with Gasteiger partial charge in [0.2, 0.25) is 5.78 Å². The third kappa shape index (κ3) is 3.22. The number of carbonyl (C=O) groups is 3. The molecule has 4 atom stereocenters. The number of nitrogens with two attached hydrogens (primary N) is 1. The highest BCUT2D eigenvalue weighted by Crippen LogP contribution is 2.54. The summed E-state index contributed by atoms with van der Waals surface area (Å²) in [7, 11) is 3.00. The fourth-order valence-electron chi connectivity index (χ4n) is 6.56. The maximum atomic E-state index is 15.7. The highest BCUT2D eigenvalue weighted by molar-refractivity contribution is 6.24. The molecule has 1 aliphatic heterocycles. The van der Waals surface area contributed by atoms with Crippen molar-refractivity contribution in [2.45, 2.75) is 37.6 Å². The molecule has 0 aromatic heterocycles. The van der Waals surface area contributed by atoms with Gasteiger partial charge in [-0.2, -0.15) is 0 Å². The van der Waals surface area contributed by atoms with E-state index in [1.165, 1.54) is 19.0 Å². The lowest BCUT2D eigenvalue weighted by molar-refractivity contribution is -0.153. The molecule has 3 aliphatic carbocycles. The van der Waals surface area contributed by atoms with Crippen LogP contribution in [0.2, 0.25) is 0 Å². The van der Waals surface area contributed by atoms with Gasteiger partial charge in [-0.1, -0.05) is 0 Å². The monoisotopic (exact) mass is 519 g/mol. The molecular weight excluding hydrogens is 492 g/mol. The van der Waals surface area contributed by atoms with Crippen molar-refractivity contribution in [1.29, 1.82) is 0 Å². The summed E-state index contributed by atoms with van der Waals surface area (Å²) >= 11 is 0. The summed E-state index contributed by atoms with van der Waals surface area (Å²) in [6.07, 6.45) is -0.263. The molecule has 6 N–H and O–H groups in total. The molecule has 0 saturated heterocycles. The van der Waals surface area contributed by atoms with Gasteiger partial charge >= 0.3 is 0 Å². The number of benzene rings is 1. The summed E-state index contributed by atoms with van der Waals surface area (Å²) in [4.78, 5) is 41.9. The maximum Gasteiger partial charge on any atom is 0.255 e. The number of primary amides is 1. The molecule has 1 amide bonds. The number of aliphatic hydroxyl groups excluding tert-OH is 2. The number of rotatable bonds is 4. The van der Waals surface area contributed by atoms with Crippen LogP contribution in [0.15, 0.2) is 16.9 Å². The van der Waals surface area contributed by atoms with Gasteiger partial charge in [0.25, 0.3) is 5.91 Å². The van der Waals surface area contributed by atoms with Crippen molar-refractivity contribution < 1.29 is 43.6 Å². The average Bonchev–Trinajstić information content (AvgIpc) is 3.24. The maximum absolute atomic E-state index is 15.7. The Morgan fingerprint density at radius 2 is 1.81 bits per heavy atom. The Labute approximate surface area is 210 Å². The second-order valence-corrected chi connectivity index (χ2v) is 10.3. The molecule has 1 heterocycles. The van der Waals surface area contributed by atoms with Crippen molar-refractivity contribution in [2.24, 2.45) is 17.6 Å². The number of aromatic hydroxyl groups is 1. The Bertz CT molecular complexity index is 1340. The second-order valence-electron chi connectivity index (χ2n) is 10.3. The van der Waals surface area contributed by atoms with Gasteiger partial charge in [0.15, 0.2) is 11.4 Å². The number of Topliss-reactive ketones (excluding diaryl/α,β-unsaturated/α-hetero) is 2. The van der Waals surface area contributed by atoms with E-state index in [0.29, 0.717) is 0 Å². The molecule has 1 saturated carbocycles. The van der Waals surface area contributed by atoms with Gasteiger partial charge in [0, 0.05) is 47.8 Å². The van der Waals surface area contributed by atoms with E-state index in [-0.39, 0.29) is 60.3 Å². The van der Waals surface area contributed by atoms with E-state index in [2.05, 4.69) is 0 Å². The molecule has 4 aliphatic rings. The lowest BCUT2D eigenvalue weighted by atomic mass is 9.57. The van der Waals surface area contributed by atoms with Gasteiger partial charge in [0.1, 0.15) is 35.3 Å². The van der Waals surface area contributed by atoms with Crippen molar-refractivity contribution in [3.63, 3.8) is 0 Å². The Morgan fingerprint density at radius 1 is 1.16 bits per heavy atom. The Hall–Kier alpha value is -3.35. The van der Waals surface area contributed by atoms with Crippen LogP contribution in [0.3, 0.4) is 0 Å². The summed E-state index contributed by atoms with van der Waals surface area (Å²) in [5, 5.41) is 44.6. The molecule has 1 aromatic carbocycles. The highest BCUT2D eigenvalue weighted by atomic mass is 19.1. The SMILES string of the molecule is CN(C)[C@@H]1C(=O)C(C(N)=O)=C(O)[C@@]2(O)C(=O)C3=C(O)c4c(O)c5c(c(F)c4C[C@H]3C[C@@H]12)CN(CCF)C5. The van der Waals surface area contributed by atoms with Crippen molar-refractivity contribution in [3.05, 3.63) is 45.0 Å². The summed E-state index contributed by atoms with van der Waals surface area (Å²) in [5.74, 6) is -8.50. The number of ketones is 2. The van der Waals surface area contributed by atoms with Gasteiger partial charge < -0.3 is 26.2 Å². The van der Waals surface area contributed by atoms with E-state index in [4.69, 9.17) is 5.73 Å². The smallest absolute Gasteiger partial charge is 0.255 e. The van der Waals surface area contributed by atoms with Crippen molar-refractivity contribution >= 4 is 23.2 Å². The molecule has 0 bridgehead atoms. The first kappa shape index (κ1) is 25.3. The summed E-state index contributed by atoms with van der Waals surface area (Å²) < 4.78 is 28.6. The lowest BCUT2D eigenvalue weighted by Gasteiger charge is -2.50. The average molecular weight is 520 g/mol. The van der Waals surface area contributed by atoms with Crippen LogP contribution in [-0.2, 0) is 33.9 Å². The minimum Gasteiger partial charge on any atom is -0.508 e. The van der Waals surface area contributed by atoms with Gasteiger partial charge in [-0.3, -0.25) is 24.2 Å². The molecular formula is C25H27F2N3O7. The van der Waals surface area contributed by atoms with Crippen molar-refractivity contribution in [1.82, 2.24) is 9.80 Å². The number of amides is 1. The number of phenolic OH excluding ortho intramolecular Hbond substituents is 1. The Kier molecular flexibility index (Phi) is 5.70. The molecule has 0 unspecified atom stereocenters. The van der Waals surface area contributed by atoms with Gasteiger partial charge in [0.05, 0.1) is 11.6 Å². The number of alkyl halides is 1. The van der Waals surface area contributed by atoms with Crippen LogP contribution in [-0.4, -0.2) is 86.7 Å². The zero-order valence-electron chi connectivity index (χ0n) is 20.2. The molecule has 0 radical (unpaired) electrons. The third-order valence-corrected chi connectivity index (χ3v) is 8.20. The number of halogens is 2. The molecule has 5 rings (SSSR count). The predicted molar refractivity (Wildman–Crippen MR) is 124 cm³/mol. The van der Waals surface area contributed by atoms with Crippen LogP contribution in [0, 0.1) is 17.7 Å². The number of likely N-dealkylation sites (N-methyl/N-ethyl adjacent to an activating group) is 1. The fraction of sp³-hybridized carbons (Fsp3) is 0.480. The lowest BCUT2D eigenvalue weighted by Crippen LogP contribution is -2.65. The van der Waals surface area contributed by atoms with E-state index < -0.39 is 76.3 Å². The molecule has 10 nitrogen and oxygen atoms in total. The first-order valence-electron chi connectivity index (χ1n) is 11.8. The first-order valence-corrected chi connectivity index (χ1v) is 11.8. The fourth-order valence-corrected chi connectivity index (χ4v) is 6.56. The van der Waals surface area contributed by atoms with Crippen LogP contribution in [0.1, 0.15) is 28.7 Å². The van der Waals surface area contributed by atoms with Crippen LogP contribution in [0.25, 0.3) is 5.76 Å². The highest BCUT2D eigenvalue weighted by Gasteiger charge is 2.64. The number of nitrogens with zero attached hydrogens (tertiary/aromatic N) is 2. The van der Waals surface area contributed by atoms with Crippen molar-refractivity contribution in [3.8, 4) is 5.75 Å². The Morgan fingerprint density at radius 3 is 2.41 bits per heavy atom. The largest absolute Gasteiger partial charge is 0.508 e. The zero-order chi connectivity index (χ0) is 27.1. The van der Waals surface area contributed by atoms with Crippen LogP contribution >= 0.6 is 0 Å². The number of aliphatic hydroxyl groups is 3. The van der Waals surface area contributed by atoms with E-state index >= 15 is 4.39 Å². The third-order valence-electron chi connectivity index (χ3n) is 8.20. The minimum absolute atomic E-state index is 0.0227. The number of carbonyl (C=O) groups excluding carboxylic acids is 3. The predicted octanol–water partition coefficient (Wildman–Crippen LogP) is 0.388. The minimum atomic E-state index is -2.76. The van der Waals surface area contributed by atoms with Crippen LogP contribution < -0.4 is 5.73 Å². The number of fused-ring (bicyclic) bond motifs is 4. The van der Waals surface area contributed by atoms with Crippen LogP contribution in [0.4, 0.5) is 8.78 Å². The molecule has 1 fully saturated rings. The standard InChI is InChI=1S/C25H27F2N3O7/c1-29(2)18-13-6-9-5-10-15(19(31)12-8-30(4-3-26)7-11(12)17(10)27)20(32)14(9)22(34)25(13,37)23(35)16(21(18)33)24(28)36/h9,13,18,31-32,35,37H,3-8H2,1-2H3,(H2,28,36)/t9-,13-,18-,25-/m0/s1. The number of hydrogen-bond acceptors (Lipinski definition) is 9. The van der Waals surface area contributed by atoms with E-state index in [0.717, 1.165) is 0 Å². The number of phenols is 1. The summed E-state index contributed by atoms with van der Waals surface area (Å²) in [6, 6.07) is -1.22. The Balaban J connectivity index is 1.71. The van der Waals surface area contributed by atoms with Gasteiger partial charge in [-0.25, -0.2) is 8.78 Å². The quantitative estimate of drug-likeness (QED) is 0.354. The molecule has 0 spiro atoms. The first-order chi connectivity index (χ1) is 17.4. The molecule has 198 valence electrons. The van der Waals surface area contributed by atoms with Crippen LogP contribution in [0.5, 0.6) is 5.75 Å². The topological polar surface area (TPSA) is 165 Å². The van der Waals surface area contributed by atoms with E-state index in [1.54, 1.807) is 4.90 Å².